The van der Waals surface area contributed by atoms with Crippen LogP contribution < -0.4 is 4.74 Å². The second-order valence-corrected chi connectivity index (χ2v) is 8.21. The lowest BCUT2D eigenvalue weighted by Crippen LogP contribution is -2.40. The predicted molar refractivity (Wildman–Crippen MR) is 93.2 cm³/mol. The molecule has 5 nitrogen and oxygen atoms in total. The fraction of sp³-hybridized carbons (Fsp3) is 0.450. The molecule has 6 rings (SSSR count). The van der Waals surface area contributed by atoms with Crippen molar-refractivity contribution in [2.45, 2.75) is 13.3 Å². The Balaban J connectivity index is 1.32. The zero-order chi connectivity index (χ0) is 18.2. The molecular weight excluding hydrogens is 354 g/mol. The van der Waals surface area contributed by atoms with Crippen LogP contribution >= 0.6 is 11.6 Å². The van der Waals surface area contributed by atoms with Crippen LogP contribution in [0.4, 0.5) is 0 Å². The van der Waals surface area contributed by atoms with Crippen molar-refractivity contribution in [1.29, 1.82) is 0 Å². The fourth-order valence-corrected chi connectivity index (χ4v) is 5.27. The average molecular weight is 372 g/mol. The van der Waals surface area contributed by atoms with Crippen LogP contribution in [0.3, 0.4) is 0 Å². The molecule has 0 radical (unpaired) electrons. The van der Waals surface area contributed by atoms with Crippen LogP contribution in [-0.2, 0) is 14.4 Å². The lowest BCUT2D eigenvalue weighted by Gasteiger charge is -2.37. The third-order valence-electron chi connectivity index (χ3n) is 6.40. The molecule has 1 aromatic rings. The van der Waals surface area contributed by atoms with E-state index in [1.165, 1.54) is 0 Å². The number of ether oxygens (including phenoxy) is 1. The van der Waals surface area contributed by atoms with E-state index in [-0.39, 0.29) is 42.0 Å². The van der Waals surface area contributed by atoms with Crippen molar-refractivity contribution in [3.8, 4) is 5.75 Å². The fourth-order valence-electron chi connectivity index (χ4n) is 5.15. The maximum atomic E-state index is 12.8. The standard InChI is InChI=1S/C20H18ClNO4/c1-9-6-10(2-5-15(9)21)26-16(23)8-22-19(24)17-11-3-4-12(14-7-13(11)14)18(17)20(22)25/h2-6,11-14,17-18H,7-8H2,1H3/t11-,12+,13-,14-,17+,18+/m1/s1. The molecule has 0 spiro atoms. The number of carbonyl (C=O) groups excluding carboxylic acids is 3. The van der Waals surface area contributed by atoms with Crippen LogP contribution in [-0.4, -0.2) is 29.2 Å². The van der Waals surface area contributed by atoms with E-state index < -0.39 is 5.97 Å². The van der Waals surface area contributed by atoms with Gasteiger partial charge in [0.25, 0.3) is 0 Å². The second kappa shape index (κ2) is 5.43. The first kappa shape index (κ1) is 16.1. The molecule has 0 aromatic heterocycles. The van der Waals surface area contributed by atoms with Gasteiger partial charge in [0.1, 0.15) is 12.3 Å². The summed E-state index contributed by atoms with van der Waals surface area (Å²) in [6, 6.07) is 4.90. The van der Waals surface area contributed by atoms with Crippen LogP contribution in [0, 0.1) is 42.4 Å². The van der Waals surface area contributed by atoms with Crippen LogP contribution in [0.15, 0.2) is 30.4 Å². The molecule has 1 saturated heterocycles. The Bertz CT molecular complexity index is 843. The minimum Gasteiger partial charge on any atom is -0.425 e. The van der Waals surface area contributed by atoms with Crippen molar-refractivity contribution in [2.75, 3.05) is 6.54 Å². The van der Waals surface area contributed by atoms with Crippen molar-refractivity contribution in [2.24, 2.45) is 35.5 Å². The van der Waals surface area contributed by atoms with E-state index in [4.69, 9.17) is 16.3 Å². The highest BCUT2D eigenvalue weighted by Crippen LogP contribution is 2.65. The first-order chi connectivity index (χ1) is 12.5. The smallest absolute Gasteiger partial charge is 0.331 e. The average Bonchev–Trinajstić information content (AvgIpc) is 3.39. The summed E-state index contributed by atoms with van der Waals surface area (Å²) in [5.41, 5.74) is 0.790. The number of benzene rings is 1. The predicted octanol–water partition coefficient (Wildman–Crippen LogP) is 2.61. The molecule has 2 amide bonds. The van der Waals surface area contributed by atoms with Crippen LogP contribution in [0.25, 0.3) is 0 Å². The van der Waals surface area contributed by atoms with E-state index >= 15 is 0 Å². The number of carbonyl (C=O) groups is 3. The first-order valence-electron chi connectivity index (χ1n) is 8.96. The number of imide groups is 1. The summed E-state index contributed by atoms with van der Waals surface area (Å²) in [5.74, 6) is 0.159. The van der Waals surface area contributed by atoms with Gasteiger partial charge in [-0.3, -0.25) is 14.5 Å². The van der Waals surface area contributed by atoms with Gasteiger partial charge in [0.05, 0.1) is 11.8 Å². The van der Waals surface area contributed by atoms with Crippen molar-refractivity contribution in [1.82, 2.24) is 4.90 Å². The number of nitrogens with zero attached hydrogens (tertiary/aromatic N) is 1. The summed E-state index contributed by atoms with van der Waals surface area (Å²) in [5, 5.41) is 0.584. The molecule has 26 heavy (non-hydrogen) atoms. The number of halogens is 1. The second-order valence-electron chi connectivity index (χ2n) is 7.80. The molecule has 1 heterocycles. The third-order valence-corrected chi connectivity index (χ3v) is 6.83. The Labute approximate surface area is 155 Å². The maximum Gasteiger partial charge on any atom is 0.331 e. The molecule has 6 heteroatoms. The largest absolute Gasteiger partial charge is 0.425 e. The summed E-state index contributed by atoms with van der Waals surface area (Å²) in [4.78, 5) is 39.1. The quantitative estimate of drug-likeness (QED) is 0.354. The SMILES string of the molecule is Cc1cc(OC(=O)CN2C(=O)[C@H]3[C@@H]4C=C[C@@H]([C@H]5C[C@H]45)[C@@H]3C2=O)ccc1Cl. The van der Waals surface area contributed by atoms with E-state index in [0.29, 0.717) is 22.6 Å². The van der Waals surface area contributed by atoms with Gasteiger partial charge >= 0.3 is 5.97 Å². The Morgan fingerprint density at radius 2 is 1.77 bits per heavy atom. The van der Waals surface area contributed by atoms with E-state index in [1.807, 2.05) is 6.92 Å². The van der Waals surface area contributed by atoms with E-state index in [2.05, 4.69) is 12.2 Å². The number of amides is 2. The summed E-state index contributed by atoms with van der Waals surface area (Å²) < 4.78 is 5.30. The normalized spacial score (nSPS) is 36.2. The van der Waals surface area contributed by atoms with Crippen LogP contribution in [0.2, 0.25) is 5.02 Å². The van der Waals surface area contributed by atoms with Crippen molar-refractivity contribution in [3.63, 3.8) is 0 Å². The molecular formula is C20H18ClNO4. The molecule has 2 saturated carbocycles. The topological polar surface area (TPSA) is 63.7 Å². The van der Waals surface area contributed by atoms with Gasteiger partial charge in [0, 0.05) is 5.02 Å². The summed E-state index contributed by atoms with van der Waals surface area (Å²) >= 11 is 5.97. The highest BCUT2D eigenvalue weighted by atomic mass is 35.5. The van der Waals surface area contributed by atoms with Crippen molar-refractivity contribution in [3.05, 3.63) is 40.9 Å². The number of hydrogen-bond acceptors (Lipinski definition) is 4. The Hall–Kier alpha value is -2.14. The maximum absolute atomic E-state index is 12.8. The lowest BCUT2D eigenvalue weighted by molar-refractivity contribution is -0.148. The number of esters is 1. The van der Waals surface area contributed by atoms with Gasteiger partial charge in [0.15, 0.2) is 0 Å². The zero-order valence-electron chi connectivity index (χ0n) is 14.2. The van der Waals surface area contributed by atoms with Gasteiger partial charge in [-0.05, 0) is 60.8 Å². The van der Waals surface area contributed by atoms with Gasteiger partial charge in [-0.2, -0.15) is 0 Å². The van der Waals surface area contributed by atoms with Gasteiger partial charge in [-0.25, -0.2) is 4.79 Å². The molecule has 134 valence electrons. The molecule has 3 fully saturated rings. The van der Waals surface area contributed by atoms with E-state index in [1.54, 1.807) is 18.2 Å². The Morgan fingerprint density at radius 1 is 1.15 bits per heavy atom. The minimum absolute atomic E-state index is 0.159. The highest BCUT2D eigenvalue weighted by molar-refractivity contribution is 6.31. The van der Waals surface area contributed by atoms with Gasteiger partial charge in [-0.15, -0.1) is 0 Å². The van der Waals surface area contributed by atoms with Crippen LogP contribution in [0.1, 0.15) is 12.0 Å². The number of allylic oxidation sites excluding steroid dienone is 2. The Kier molecular flexibility index (Phi) is 3.35. The first-order valence-corrected chi connectivity index (χ1v) is 9.34. The third kappa shape index (κ3) is 2.19. The molecule has 1 aromatic carbocycles. The molecule has 0 N–H and O–H groups in total. The summed E-state index contributed by atoms with van der Waals surface area (Å²) in [6.07, 6.45) is 5.35. The number of rotatable bonds is 3. The number of hydrogen-bond donors (Lipinski definition) is 0. The Morgan fingerprint density at radius 3 is 2.35 bits per heavy atom. The van der Waals surface area contributed by atoms with E-state index in [9.17, 15) is 14.4 Å². The van der Waals surface area contributed by atoms with Crippen molar-refractivity contribution >= 4 is 29.4 Å². The summed E-state index contributed by atoms with van der Waals surface area (Å²) in [7, 11) is 0. The summed E-state index contributed by atoms with van der Waals surface area (Å²) in [6.45, 7) is 1.48. The monoisotopic (exact) mass is 371 g/mol. The van der Waals surface area contributed by atoms with Gasteiger partial charge < -0.3 is 4.74 Å². The van der Waals surface area contributed by atoms with Gasteiger partial charge in [-0.1, -0.05) is 23.8 Å². The van der Waals surface area contributed by atoms with Gasteiger partial charge in [0.2, 0.25) is 11.8 Å². The minimum atomic E-state index is -0.613. The molecule has 6 atom stereocenters. The molecule has 1 aliphatic heterocycles. The van der Waals surface area contributed by atoms with Crippen molar-refractivity contribution < 1.29 is 19.1 Å². The number of aryl methyl sites for hydroxylation is 1. The molecule has 4 aliphatic carbocycles. The van der Waals surface area contributed by atoms with E-state index in [0.717, 1.165) is 16.9 Å². The molecule has 2 bridgehead atoms. The number of likely N-dealkylation sites (tertiary alicyclic amines) is 1. The molecule has 5 aliphatic rings. The lowest BCUT2D eigenvalue weighted by atomic mass is 9.63. The molecule has 0 unspecified atom stereocenters. The van der Waals surface area contributed by atoms with Crippen LogP contribution in [0.5, 0.6) is 5.75 Å². The highest BCUT2D eigenvalue weighted by Gasteiger charge is 2.67. The zero-order valence-corrected chi connectivity index (χ0v) is 15.0.